The van der Waals surface area contributed by atoms with Crippen LogP contribution in [0.3, 0.4) is 0 Å². The van der Waals surface area contributed by atoms with Gasteiger partial charge >= 0.3 is 5.69 Å². The van der Waals surface area contributed by atoms with E-state index in [9.17, 15) is 14.7 Å². The Balaban J connectivity index is 1.51. The van der Waals surface area contributed by atoms with E-state index in [1.165, 1.54) is 9.25 Å². The highest BCUT2D eigenvalue weighted by molar-refractivity contribution is 9.10. The maximum atomic E-state index is 12.1. The van der Waals surface area contributed by atoms with E-state index in [0.717, 1.165) is 15.7 Å². The molecule has 0 spiro atoms. The van der Waals surface area contributed by atoms with Gasteiger partial charge in [0.25, 0.3) is 5.56 Å². The maximum Gasteiger partial charge on any atom is 0.329 e. The molecule has 3 heterocycles. The van der Waals surface area contributed by atoms with E-state index in [1.54, 1.807) is 23.8 Å². The Morgan fingerprint density at radius 2 is 2.19 bits per heavy atom. The summed E-state index contributed by atoms with van der Waals surface area (Å²) < 4.78 is 9.29. The highest BCUT2D eigenvalue weighted by atomic mass is 79.9. The van der Waals surface area contributed by atoms with Gasteiger partial charge < -0.3 is 14.9 Å². The van der Waals surface area contributed by atoms with Crippen molar-refractivity contribution in [1.29, 1.82) is 0 Å². The number of aromatic amines is 2. The highest BCUT2D eigenvalue weighted by Crippen LogP contribution is 2.36. The second-order valence-electron chi connectivity index (χ2n) is 6.82. The zero-order valence-corrected chi connectivity index (χ0v) is 18.9. The normalized spacial score (nSPS) is 15.0. The van der Waals surface area contributed by atoms with Gasteiger partial charge in [-0.15, -0.1) is 11.8 Å². The van der Waals surface area contributed by atoms with Crippen LogP contribution in [0.4, 0.5) is 0 Å². The molecule has 1 aliphatic heterocycles. The Morgan fingerprint density at radius 3 is 2.97 bits per heavy atom. The number of aliphatic hydroxyl groups excluding tert-OH is 2. The first kappa shape index (κ1) is 21.8. The lowest BCUT2D eigenvalue weighted by atomic mass is 10.1. The van der Waals surface area contributed by atoms with Crippen molar-refractivity contribution in [2.24, 2.45) is 7.05 Å². The molecule has 0 saturated heterocycles. The standard InChI is InChI=1S/C18H21BrN6O5S/c1-23-16-15(17(28)20-18(23)29)24(22-16)7-14(27)21-25-9-31-8-12(25)11-6-10(19)2-3-13(11)30-5-4-26/h2-3,6,8,14,21-22,26-27H,4-5,7,9H2,1H3,(H,20,28,29). The molecule has 2 aromatic heterocycles. The molecule has 5 N–H and O–H groups in total. The summed E-state index contributed by atoms with van der Waals surface area (Å²) in [5.74, 6) is 1.16. The number of fused-ring (bicyclic) bond motifs is 1. The molecule has 11 nitrogen and oxygen atoms in total. The highest BCUT2D eigenvalue weighted by Gasteiger charge is 2.24. The number of H-pyrrole nitrogens is 2. The average Bonchev–Trinajstić information content (AvgIpc) is 3.16. The quantitative estimate of drug-likeness (QED) is 0.272. The van der Waals surface area contributed by atoms with Crippen molar-refractivity contribution < 1.29 is 14.9 Å². The molecule has 0 radical (unpaired) electrons. The Labute approximate surface area is 188 Å². The number of thioether (sulfide) groups is 1. The van der Waals surface area contributed by atoms with Crippen LogP contribution in [0.15, 0.2) is 37.7 Å². The van der Waals surface area contributed by atoms with Crippen LogP contribution in [-0.2, 0) is 13.6 Å². The fourth-order valence-corrected chi connectivity index (χ4v) is 4.48. The minimum atomic E-state index is -1.02. The third-order valence-corrected chi connectivity index (χ3v) is 6.02. The molecule has 1 aliphatic rings. The largest absolute Gasteiger partial charge is 0.490 e. The molecule has 166 valence electrons. The first-order valence-corrected chi connectivity index (χ1v) is 11.2. The van der Waals surface area contributed by atoms with Gasteiger partial charge in [0.15, 0.2) is 11.2 Å². The number of aliphatic hydroxyl groups is 2. The van der Waals surface area contributed by atoms with Crippen molar-refractivity contribution in [2.45, 2.75) is 12.8 Å². The predicted octanol–water partition coefficient (Wildman–Crippen LogP) is 0.318. The first-order valence-electron chi connectivity index (χ1n) is 9.33. The lowest BCUT2D eigenvalue weighted by Gasteiger charge is -2.28. The summed E-state index contributed by atoms with van der Waals surface area (Å²) in [6.45, 7) is 0.135. The SMILES string of the molecule is Cn1c(=O)[nH]c(=O)c2c1[nH]n2CC(O)NN1CSC=C1c1cc(Br)ccc1OCCO. The third-order valence-electron chi connectivity index (χ3n) is 4.73. The minimum Gasteiger partial charge on any atom is -0.490 e. The number of halogens is 1. The van der Waals surface area contributed by atoms with Crippen LogP contribution in [-0.4, -0.2) is 59.9 Å². The number of benzene rings is 1. The van der Waals surface area contributed by atoms with Gasteiger partial charge in [0.2, 0.25) is 0 Å². The summed E-state index contributed by atoms with van der Waals surface area (Å²) in [7, 11) is 1.54. The number of aromatic nitrogens is 4. The van der Waals surface area contributed by atoms with E-state index < -0.39 is 17.5 Å². The smallest absolute Gasteiger partial charge is 0.329 e. The lowest BCUT2D eigenvalue weighted by Crippen LogP contribution is -2.45. The zero-order valence-electron chi connectivity index (χ0n) is 16.5. The molecule has 0 amide bonds. The number of hydrazine groups is 1. The second kappa shape index (κ2) is 8.96. The molecular weight excluding hydrogens is 492 g/mol. The number of nitrogens with one attached hydrogen (secondary N) is 3. The molecule has 3 aromatic rings. The van der Waals surface area contributed by atoms with Crippen molar-refractivity contribution in [2.75, 3.05) is 19.1 Å². The number of hydrogen-bond acceptors (Lipinski definition) is 8. The van der Waals surface area contributed by atoms with E-state index in [-0.39, 0.29) is 19.8 Å². The van der Waals surface area contributed by atoms with Crippen molar-refractivity contribution >= 4 is 44.6 Å². The fourth-order valence-electron chi connectivity index (χ4n) is 3.27. The number of ether oxygens (including phenoxy) is 1. The summed E-state index contributed by atoms with van der Waals surface area (Å²) in [6.07, 6.45) is -1.02. The van der Waals surface area contributed by atoms with Gasteiger partial charge in [0.05, 0.1) is 24.7 Å². The van der Waals surface area contributed by atoms with Crippen LogP contribution in [0.1, 0.15) is 5.56 Å². The van der Waals surface area contributed by atoms with Gasteiger partial charge in [-0.05, 0) is 23.6 Å². The molecule has 1 aromatic carbocycles. The van der Waals surface area contributed by atoms with Gasteiger partial charge in [-0.2, -0.15) is 0 Å². The van der Waals surface area contributed by atoms with E-state index in [1.807, 2.05) is 23.6 Å². The average molecular weight is 513 g/mol. The fraction of sp³-hybridized carbons (Fsp3) is 0.333. The van der Waals surface area contributed by atoms with E-state index in [0.29, 0.717) is 22.8 Å². The van der Waals surface area contributed by atoms with Crippen LogP contribution in [0.5, 0.6) is 5.75 Å². The molecule has 0 fully saturated rings. The molecule has 31 heavy (non-hydrogen) atoms. The van der Waals surface area contributed by atoms with Gasteiger partial charge in [-0.25, -0.2) is 10.2 Å². The van der Waals surface area contributed by atoms with E-state index >= 15 is 0 Å². The predicted molar refractivity (Wildman–Crippen MR) is 120 cm³/mol. The molecule has 0 saturated carbocycles. The molecule has 1 atom stereocenters. The number of rotatable bonds is 8. The van der Waals surface area contributed by atoms with Gasteiger partial charge in [-0.3, -0.25) is 29.1 Å². The maximum absolute atomic E-state index is 12.1. The lowest BCUT2D eigenvalue weighted by molar-refractivity contribution is 0.0589. The summed E-state index contributed by atoms with van der Waals surface area (Å²) in [5, 5.41) is 26.3. The summed E-state index contributed by atoms with van der Waals surface area (Å²) in [6, 6.07) is 5.56. The molecular formula is C18H21BrN6O5S. The first-order chi connectivity index (χ1) is 14.9. The molecule has 13 heteroatoms. The minimum absolute atomic E-state index is 0.0646. The van der Waals surface area contributed by atoms with Crippen LogP contribution < -0.4 is 21.4 Å². The Morgan fingerprint density at radius 1 is 1.39 bits per heavy atom. The summed E-state index contributed by atoms with van der Waals surface area (Å²) in [5.41, 5.74) is 4.29. The monoisotopic (exact) mass is 512 g/mol. The van der Waals surface area contributed by atoms with Crippen LogP contribution in [0, 0.1) is 0 Å². The number of aryl methyl sites for hydroxylation is 1. The van der Waals surface area contributed by atoms with Crippen LogP contribution >= 0.6 is 27.7 Å². The van der Waals surface area contributed by atoms with Crippen molar-refractivity contribution in [3.8, 4) is 5.75 Å². The Hall–Kier alpha value is -2.45. The number of nitrogens with zero attached hydrogens (tertiary/aromatic N) is 3. The van der Waals surface area contributed by atoms with Gasteiger partial charge in [-0.1, -0.05) is 15.9 Å². The second-order valence-corrected chi connectivity index (χ2v) is 8.57. The Bertz CT molecular complexity index is 1240. The molecule has 1 unspecified atom stereocenters. The topological polar surface area (TPSA) is 141 Å². The molecule has 0 bridgehead atoms. The van der Waals surface area contributed by atoms with Crippen molar-refractivity contribution in [3.63, 3.8) is 0 Å². The van der Waals surface area contributed by atoms with Gasteiger partial charge in [0, 0.05) is 17.1 Å². The van der Waals surface area contributed by atoms with E-state index in [4.69, 9.17) is 9.84 Å². The number of hydrogen-bond donors (Lipinski definition) is 5. The van der Waals surface area contributed by atoms with Gasteiger partial charge in [0.1, 0.15) is 18.6 Å². The summed E-state index contributed by atoms with van der Waals surface area (Å²) >= 11 is 5.01. The Kier molecular flexibility index (Phi) is 6.29. The molecule has 0 aliphatic carbocycles. The third kappa shape index (κ3) is 4.32. The molecule has 4 rings (SSSR count). The van der Waals surface area contributed by atoms with Crippen molar-refractivity contribution in [1.82, 2.24) is 29.8 Å². The van der Waals surface area contributed by atoms with Crippen molar-refractivity contribution in [3.05, 3.63) is 54.5 Å². The summed E-state index contributed by atoms with van der Waals surface area (Å²) in [4.78, 5) is 26.0. The van der Waals surface area contributed by atoms with Crippen LogP contribution in [0.25, 0.3) is 16.9 Å². The zero-order chi connectivity index (χ0) is 22.1. The van der Waals surface area contributed by atoms with E-state index in [2.05, 4.69) is 31.4 Å². The van der Waals surface area contributed by atoms with Crippen LogP contribution in [0.2, 0.25) is 0 Å².